The molecule has 2 heterocycles. The second-order valence-corrected chi connectivity index (χ2v) is 8.05. The molecule has 33 heavy (non-hydrogen) atoms. The molecule has 0 unspecified atom stereocenters. The highest BCUT2D eigenvalue weighted by Crippen LogP contribution is 2.35. The number of anilines is 1. The molecule has 0 bridgehead atoms. The molecule has 0 aliphatic heterocycles. The molecule has 0 spiro atoms. The number of benzene rings is 1. The van der Waals surface area contributed by atoms with Crippen molar-refractivity contribution in [2.45, 2.75) is 19.6 Å². The number of carbonyl (C=O) groups excluding carboxylic acids is 1. The molecule has 0 fully saturated rings. The maximum atomic E-state index is 13.0. The fourth-order valence-electron chi connectivity index (χ4n) is 2.70. The Bertz CT molecular complexity index is 1200. The van der Waals surface area contributed by atoms with Gasteiger partial charge in [0.25, 0.3) is 5.91 Å². The SMILES string of the molecule is COc1ccc(CN=C(C)c2ncc(C(=O)Nc3cc(C(F)(F)F)c(Cl)cn3)s2)c(OC)c1. The maximum Gasteiger partial charge on any atom is 0.418 e. The third-order valence-electron chi connectivity index (χ3n) is 4.42. The number of carbonyl (C=O) groups is 1. The van der Waals surface area contributed by atoms with E-state index in [4.69, 9.17) is 21.1 Å². The highest BCUT2D eigenvalue weighted by atomic mass is 35.5. The lowest BCUT2D eigenvalue weighted by Gasteiger charge is -2.10. The second-order valence-electron chi connectivity index (χ2n) is 6.61. The van der Waals surface area contributed by atoms with Crippen molar-refractivity contribution in [3.8, 4) is 11.5 Å². The highest BCUT2D eigenvalue weighted by Gasteiger charge is 2.34. The minimum Gasteiger partial charge on any atom is -0.497 e. The average Bonchev–Trinajstić information content (AvgIpc) is 3.28. The van der Waals surface area contributed by atoms with Crippen LogP contribution in [0, 0.1) is 0 Å². The number of halogens is 4. The van der Waals surface area contributed by atoms with Gasteiger partial charge in [0.1, 0.15) is 27.2 Å². The first-order chi connectivity index (χ1) is 15.6. The van der Waals surface area contributed by atoms with Crippen LogP contribution in [0.5, 0.6) is 11.5 Å². The Kier molecular flexibility index (Phi) is 7.54. The van der Waals surface area contributed by atoms with Crippen molar-refractivity contribution < 1.29 is 27.4 Å². The van der Waals surface area contributed by atoms with Crippen molar-refractivity contribution in [2.24, 2.45) is 4.99 Å². The Balaban J connectivity index is 1.72. The van der Waals surface area contributed by atoms with Gasteiger partial charge in [0.15, 0.2) is 0 Å². The third-order valence-corrected chi connectivity index (χ3v) is 5.83. The van der Waals surface area contributed by atoms with Crippen molar-refractivity contribution in [1.29, 1.82) is 0 Å². The van der Waals surface area contributed by atoms with E-state index < -0.39 is 22.7 Å². The molecule has 0 radical (unpaired) electrons. The Morgan fingerprint density at radius 3 is 2.61 bits per heavy atom. The fraction of sp³-hybridized carbons (Fsp3) is 0.238. The molecule has 2 aromatic heterocycles. The molecule has 0 saturated carbocycles. The number of aliphatic imine (C=N–C) groups is 1. The van der Waals surface area contributed by atoms with Crippen molar-refractivity contribution >= 4 is 40.4 Å². The summed E-state index contributed by atoms with van der Waals surface area (Å²) in [5.74, 6) is 0.359. The van der Waals surface area contributed by atoms with Crippen LogP contribution in [0.2, 0.25) is 5.02 Å². The van der Waals surface area contributed by atoms with Gasteiger partial charge < -0.3 is 14.8 Å². The number of thiazole rings is 1. The summed E-state index contributed by atoms with van der Waals surface area (Å²) in [4.78, 5) is 25.1. The minimum atomic E-state index is -4.67. The van der Waals surface area contributed by atoms with Crippen molar-refractivity contribution in [3.63, 3.8) is 0 Å². The van der Waals surface area contributed by atoms with Gasteiger partial charge in [0.05, 0.1) is 43.3 Å². The summed E-state index contributed by atoms with van der Waals surface area (Å²) in [5, 5.41) is 2.27. The predicted molar refractivity (Wildman–Crippen MR) is 120 cm³/mol. The number of hydrogen-bond acceptors (Lipinski definition) is 7. The quantitative estimate of drug-likeness (QED) is 0.435. The summed E-state index contributed by atoms with van der Waals surface area (Å²) in [6, 6.07) is 6.06. The molecule has 0 aliphatic rings. The molecular weight excluding hydrogens is 481 g/mol. The number of hydrogen-bond donors (Lipinski definition) is 1. The minimum absolute atomic E-state index is 0.187. The van der Waals surface area contributed by atoms with Gasteiger partial charge in [-0.25, -0.2) is 9.97 Å². The van der Waals surface area contributed by atoms with Crippen LogP contribution in [-0.2, 0) is 12.7 Å². The molecule has 0 atom stereocenters. The van der Waals surface area contributed by atoms with Gasteiger partial charge in [-0.1, -0.05) is 11.6 Å². The zero-order chi connectivity index (χ0) is 24.2. The summed E-state index contributed by atoms with van der Waals surface area (Å²) < 4.78 is 49.5. The van der Waals surface area contributed by atoms with Gasteiger partial charge in [0.2, 0.25) is 0 Å². The van der Waals surface area contributed by atoms with E-state index in [0.29, 0.717) is 34.8 Å². The van der Waals surface area contributed by atoms with Gasteiger partial charge in [-0.15, -0.1) is 11.3 Å². The monoisotopic (exact) mass is 498 g/mol. The molecule has 1 amide bonds. The van der Waals surface area contributed by atoms with E-state index in [1.807, 2.05) is 6.07 Å². The van der Waals surface area contributed by atoms with Crippen molar-refractivity contribution in [2.75, 3.05) is 19.5 Å². The molecule has 12 heteroatoms. The molecule has 3 rings (SSSR count). The predicted octanol–water partition coefficient (Wildman–Crippen LogP) is 5.49. The van der Waals surface area contributed by atoms with Crippen LogP contribution in [0.4, 0.5) is 19.0 Å². The smallest absolute Gasteiger partial charge is 0.418 e. The summed E-state index contributed by atoms with van der Waals surface area (Å²) >= 11 is 6.60. The van der Waals surface area contributed by atoms with Crippen molar-refractivity contribution in [1.82, 2.24) is 9.97 Å². The maximum absolute atomic E-state index is 13.0. The van der Waals surface area contributed by atoms with Crippen molar-refractivity contribution in [3.05, 3.63) is 62.7 Å². The Morgan fingerprint density at radius 2 is 1.94 bits per heavy atom. The van der Waals surface area contributed by atoms with E-state index >= 15 is 0 Å². The van der Waals surface area contributed by atoms with Gasteiger partial charge in [-0.05, 0) is 25.1 Å². The first-order valence-corrected chi connectivity index (χ1v) is 10.5. The number of rotatable bonds is 7. The molecule has 3 aromatic rings. The summed E-state index contributed by atoms with van der Waals surface area (Å²) in [6.45, 7) is 2.06. The van der Waals surface area contributed by atoms with Crippen LogP contribution in [0.15, 0.2) is 41.7 Å². The zero-order valence-corrected chi connectivity index (χ0v) is 19.2. The van der Waals surface area contributed by atoms with Crippen LogP contribution in [0.25, 0.3) is 0 Å². The van der Waals surface area contributed by atoms with E-state index in [1.165, 1.54) is 6.20 Å². The summed E-state index contributed by atoms with van der Waals surface area (Å²) in [7, 11) is 3.11. The normalized spacial score (nSPS) is 11.9. The van der Waals surface area contributed by atoms with E-state index in [2.05, 4.69) is 20.3 Å². The Hall–Kier alpha value is -3.18. The highest BCUT2D eigenvalue weighted by molar-refractivity contribution is 7.15. The lowest BCUT2D eigenvalue weighted by atomic mass is 10.2. The van der Waals surface area contributed by atoms with Gasteiger partial charge in [-0.3, -0.25) is 9.79 Å². The third kappa shape index (κ3) is 5.99. The van der Waals surface area contributed by atoms with Gasteiger partial charge >= 0.3 is 6.18 Å². The topological polar surface area (TPSA) is 85.7 Å². The first kappa shape index (κ1) is 24.5. The van der Waals surface area contributed by atoms with Crippen LogP contribution < -0.4 is 14.8 Å². The summed E-state index contributed by atoms with van der Waals surface area (Å²) in [5.41, 5.74) is 0.332. The van der Waals surface area contributed by atoms with E-state index in [9.17, 15) is 18.0 Å². The number of nitrogens with zero attached hydrogens (tertiary/aromatic N) is 3. The number of amides is 1. The molecule has 0 saturated heterocycles. The first-order valence-electron chi connectivity index (χ1n) is 9.34. The van der Waals surface area contributed by atoms with E-state index in [1.54, 1.807) is 33.3 Å². The summed E-state index contributed by atoms with van der Waals surface area (Å²) in [6.07, 6.45) is -2.51. The number of pyridine rings is 1. The van der Waals surface area contributed by atoms with Crippen LogP contribution >= 0.6 is 22.9 Å². The van der Waals surface area contributed by atoms with Crippen LogP contribution in [0.1, 0.15) is 32.7 Å². The number of nitrogens with one attached hydrogen (secondary N) is 1. The number of ether oxygens (including phenoxy) is 2. The second kappa shape index (κ2) is 10.2. The van der Waals surface area contributed by atoms with E-state index in [-0.39, 0.29) is 10.7 Å². The van der Waals surface area contributed by atoms with Gasteiger partial charge in [0, 0.05) is 17.8 Å². The Morgan fingerprint density at radius 1 is 1.18 bits per heavy atom. The molecule has 1 N–H and O–H groups in total. The lowest BCUT2D eigenvalue weighted by Crippen LogP contribution is -2.13. The zero-order valence-electron chi connectivity index (χ0n) is 17.7. The molecule has 174 valence electrons. The van der Waals surface area contributed by atoms with E-state index in [0.717, 1.165) is 23.1 Å². The largest absolute Gasteiger partial charge is 0.497 e. The van der Waals surface area contributed by atoms with Gasteiger partial charge in [-0.2, -0.15) is 13.2 Å². The molecule has 1 aromatic carbocycles. The lowest BCUT2D eigenvalue weighted by molar-refractivity contribution is -0.137. The standard InChI is InChI=1S/C21H18ClF3N4O3S/c1-11(26-8-12-4-5-13(31-2)6-16(12)32-3)20-28-10-17(33-20)19(30)29-18-7-14(21(23,24)25)15(22)9-27-18/h4-7,9-10H,8H2,1-3H3,(H,27,29,30). The number of aromatic nitrogens is 2. The van der Waals surface area contributed by atoms with Crippen LogP contribution in [-0.4, -0.2) is 35.8 Å². The average molecular weight is 499 g/mol. The molecule has 0 aliphatic carbocycles. The molecular formula is C21H18ClF3N4O3S. The Labute approximate surface area is 196 Å². The molecule has 7 nitrogen and oxygen atoms in total. The number of methoxy groups -OCH3 is 2. The fourth-order valence-corrected chi connectivity index (χ4v) is 3.69. The van der Waals surface area contributed by atoms with Crippen LogP contribution in [0.3, 0.4) is 0 Å². The number of alkyl halides is 3.